The smallest absolute Gasteiger partial charge is 0.219 e. The summed E-state index contributed by atoms with van der Waals surface area (Å²) in [7, 11) is 0. The van der Waals surface area contributed by atoms with Crippen LogP contribution in [-0.4, -0.2) is 69.7 Å². The minimum absolute atomic E-state index is 0.132. The number of hydrogen-bond donors (Lipinski definition) is 3. The second-order valence-electron chi connectivity index (χ2n) is 8.51. The average molecular weight is 462 g/mol. The molecule has 1 amide bonds. The molecule has 2 fully saturated rings. The Balaban J connectivity index is 1.57. The third-order valence-corrected chi connectivity index (χ3v) is 6.64. The molecule has 172 valence electrons. The molecule has 7 nitrogen and oxygen atoms in total. The Morgan fingerprint density at radius 3 is 2.47 bits per heavy atom. The molecule has 4 unspecified atom stereocenters. The number of rotatable bonds is 5. The van der Waals surface area contributed by atoms with E-state index in [0.717, 1.165) is 16.9 Å². The van der Waals surface area contributed by atoms with Crippen molar-refractivity contribution in [3.8, 4) is 5.75 Å². The van der Waals surface area contributed by atoms with Crippen LogP contribution >= 0.6 is 11.6 Å². The van der Waals surface area contributed by atoms with Gasteiger partial charge in [-0.2, -0.15) is 0 Å². The zero-order valence-corrected chi connectivity index (χ0v) is 18.8. The highest BCUT2D eigenvalue weighted by atomic mass is 35.5. The molecule has 8 heteroatoms. The Morgan fingerprint density at radius 1 is 1.16 bits per heavy atom. The van der Waals surface area contributed by atoms with Crippen molar-refractivity contribution < 1.29 is 29.6 Å². The standard InChI is InChI=1S/C24H28ClNO6/c1-3-31-18-7-4-15(5-8-18)10-17-11-16(6-9-19(17)25)22-20(28)21(29)23(30)24(32-22)12-26(13-24)14(2)27/h4-9,11,20-23,28-30H,3,10,12-13H2,1-2H3. The molecule has 0 saturated carbocycles. The minimum atomic E-state index is -1.40. The number of aliphatic hydroxyl groups is 3. The first kappa shape index (κ1) is 23.0. The first-order valence-electron chi connectivity index (χ1n) is 10.7. The molecule has 0 aromatic heterocycles. The quantitative estimate of drug-likeness (QED) is 0.630. The van der Waals surface area contributed by atoms with Crippen LogP contribution in [0.25, 0.3) is 0 Å². The maximum atomic E-state index is 11.6. The lowest BCUT2D eigenvalue weighted by atomic mass is 9.78. The van der Waals surface area contributed by atoms with Gasteiger partial charge in [0, 0.05) is 11.9 Å². The van der Waals surface area contributed by atoms with Gasteiger partial charge in [0.15, 0.2) is 0 Å². The summed E-state index contributed by atoms with van der Waals surface area (Å²) in [5.41, 5.74) is 1.43. The van der Waals surface area contributed by atoms with Gasteiger partial charge in [0.25, 0.3) is 0 Å². The van der Waals surface area contributed by atoms with Gasteiger partial charge in [0.05, 0.1) is 19.7 Å². The number of amides is 1. The molecule has 4 rings (SSSR count). The summed E-state index contributed by atoms with van der Waals surface area (Å²) in [6.07, 6.45) is -4.30. The number of carbonyl (C=O) groups is 1. The molecule has 32 heavy (non-hydrogen) atoms. The van der Waals surface area contributed by atoms with Crippen LogP contribution in [0.15, 0.2) is 42.5 Å². The Hall–Kier alpha value is -2.16. The fourth-order valence-electron chi connectivity index (χ4n) is 4.42. The Kier molecular flexibility index (Phi) is 6.47. The van der Waals surface area contributed by atoms with E-state index in [1.807, 2.05) is 37.3 Å². The molecule has 3 N–H and O–H groups in total. The van der Waals surface area contributed by atoms with Crippen LogP contribution in [0, 0.1) is 0 Å². The van der Waals surface area contributed by atoms with E-state index < -0.39 is 30.0 Å². The van der Waals surface area contributed by atoms with Crippen LogP contribution in [-0.2, 0) is 16.0 Å². The molecule has 2 aliphatic rings. The highest BCUT2D eigenvalue weighted by Crippen LogP contribution is 2.43. The van der Waals surface area contributed by atoms with E-state index in [2.05, 4.69) is 0 Å². The number of aliphatic hydroxyl groups excluding tert-OH is 3. The van der Waals surface area contributed by atoms with Crippen molar-refractivity contribution >= 4 is 17.5 Å². The lowest BCUT2D eigenvalue weighted by Crippen LogP contribution is -2.75. The molecule has 2 aliphatic heterocycles. The number of hydrogen-bond acceptors (Lipinski definition) is 6. The summed E-state index contributed by atoms with van der Waals surface area (Å²) in [6.45, 7) is 4.30. The highest BCUT2D eigenvalue weighted by Gasteiger charge is 2.60. The molecule has 0 aliphatic carbocycles. The SMILES string of the molecule is CCOc1ccc(Cc2cc(C3OC4(CN(C(C)=O)C4)C(O)C(O)C3O)ccc2Cl)cc1. The van der Waals surface area contributed by atoms with Crippen molar-refractivity contribution in [3.05, 3.63) is 64.2 Å². The van der Waals surface area contributed by atoms with Gasteiger partial charge in [0.2, 0.25) is 5.91 Å². The van der Waals surface area contributed by atoms with Crippen LogP contribution in [0.2, 0.25) is 5.02 Å². The number of likely N-dealkylation sites (tertiary alicyclic amines) is 1. The minimum Gasteiger partial charge on any atom is -0.494 e. The number of ether oxygens (including phenoxy) is 2. The normalized spacial score (nSPS) is 26.6. The van der Waals surface area contributed by atoms with Crippen molar-refractivity contribution in [2.45, 2.75) is 50.3 Å². The number of benzene rings is 2. The summed E-state index contributed by atoms with van der Waals surface area (Å²) in [4.78, 5) is 13.2. The van der Waals surface area contributed by atoms with Crippen LogP contribution in [0.3, 0.4) is 0 Å². The van der Waals surface area contributed by atoms with Crippen molar-refractivity contribution in [1.82, 2.24) is 4.90 Å². The van der Waals surface area contributed by atoms with E-state index in [1.54, 1.807) is 12.1 Å². The number of carbonyl (C=O) groups excluding carboxylic acids is 1. The molecule has 0 bridgehead atoms. The second kappa shape index (κ2) is 9.00. The Labute approximate surface area is 192 Å². The third-order valence-electron chi connectivity index (χ3n) is 6.27. The lowest BCUT2D eigenvalue weighted by Gasteiger charge is -2.57. The van der Waals surface area contributed by atoms with Crippen LogP contribution in [0.1, 0.15) is 36.6 Å². The van der Waals surface area contributed by atoms with Crippen molar-refractivity contribution in [1.29, 1.82) is 0 Å². The van der Waals surface area contributed by atoms with Gasteiger partial charge in [-0.3, -0.25) is 4.79 Å². The van der Waals surface area contributed by atoms with Gasteiger partial charge in [-0.25, -0.2) is 0 Å². The van der Waals surface area contributed by atoms with E-state index in [1.165, 1.54) is 11.8 Å². The van der Waals surface area contributed by atoms with Crippen LogP contribution in [0.4, 0.5) is 0 Å². The van der Waals surface area contributed by atoms with E-state index in [0.29, 0.717) is 23.6 Å². The topological polar surface area (TPSA) is 99.5 Å². The van der Waals surface area contributed by atoms with Gasteiger partial charge in [-0.1, -0.05) is 35.9 Å². The molecule has 0 radical (unpaired) electrons. The second-order valence-corrected chi connectivity index (χ2v) is 8.92. The molecule has 2 saturated heterocycles. The molecule has 4 atom stereocenters. The van der Waals surface area contributed by atoms with Gasteiger partial charge < -0.3 is 29.7 Å². The monoisotopic (exact) mass is 461 g/mol. The van der Waals surface area contributed by atoms with E-state index in [9.17, 15) is 20.1 Å². The summed E-state index contributed by atoms with van der Waals surface area (Å²) in [5.74, 6) is 0.667. The fourth-order valence-corrected chi connectivity index (χ4v) is 4.60. The van der Waals surface area contributed by atoms with E-state index in [-0.39, 0.29) is 19.0 Å². The maximum absolute atomic E-state index is 11.6. The summed E-state index contributed by atoms with van der Waals surface area (Å²) < 4.78 is 11.6. The highest BCUT2D eigenvalue weighted by molar-refractivity contribution is 6.31. The largest absolute Gasteiger partial charge is 0.494 e. The van der Waals surface area contributed by atoms with Crippen LogP contribution in [0.5, 0.6) is 5.75 Å². The van der Waals surface area contributed by atoms with Gasteiger partial charge in [-0.15, -0.1) is 0 Å². The first-order valence-corrected chi connectivity index (χ1v) is 11.1. The van der Waals surface area contributed by atoms with Crippen molar-refractivity contribution in [2.75, 3.05) is 19.7 Å². The van der Waals surface area contributed by atoms with Crippen LogP contribution < -0.4 is 4.74 Å². The van der Waals surface area contributed by atoms with Gasteiger partial charge in [-0.05, 0) is 48.2 Å². The Morgan fingerprint density at radius 2 is 1.84 bits per heavy atom. The fraction of sp³-hybridized carbons (Fsp3) is 0.458. The zero-order chi connectivity index (χ0) is 23.0. The molecular formula is C24H28ClNO6. The zero-order valence-electron chi connectivity index (χ0n) is 18.1. The molecule has 1 spiro atoms. The first-order chi connectivity index (χ1) is 15.2. The van der Waals surface area contributed by atoms with E-state index in [4.69, 9.17) is 21.1 Å². The average Bonchev–Trinajstić information content (AvgIpc) is 2.74. The van der Waals surface area contributed by atoms with Gasteiger partial charge in [0.1, 0.15) is 35.8 Å². The predicted molar refractivity (Wildman–Crippen MR) is 119 cm³/mol. The molecule has 2 aromatic carbocycles. The van der Waals surface area contributed by atoms with Gasteiger partial charge >= 0.3 is 0 Å². The maximum Gasteiger partial charge on any atom is 0.219 e. The van der Waals surface area contributed by atoms with Crippen molar-refractivity contribution in [3.63, 3.8) is 0 Å². The number of nitrogens with zero attached hydrogens (tertiary/aromatic N) is 1. The summed E-state index contributed by atoms with van der Waals surface area (Å²) in [6, 6.07) is 13.1. The molecule has 2 aromatic rings. The summed E-state index contributed by atoms with van der Waals surface area (Å²) in [5, 5.41) is 32.3. The third kappa shape index (κ3) is 4.23. The summed E-state index contributed by atoms with van der Waals surface area (Å²) >= 11 is 6.44. The molecule has 2 heterocycles. The van der Waals surface area contributed by atoms with Crippen molar-refractivity contribution in [2.24, 2.45) is 0 Å². The predicted octanol–water partition coefficient (Wildman–Crippen LogP) is 2.08. The van der Waals surface area contributed by atoms with E-state index >= 15 is 0 Å². The molecular weight excluding hydrogens is 434 g/mol. The number of halogens is 1. The Bertz CT molecular complexity index is 975. The lowest BCUT2D eigenvalue weighted by molar-refractivity contribution is -0.303.